The molecule has 0 aliphatic rings. The first kappa shape index (κ1) is 6.05. The maximum absolute atomic E-state index is 5.29. The third-order valence-electron chi connectivity index (χ3n) is 0.641. The van der Waals surface area contributed by atoms with Crippen molar-refractivity contribution in [2.75, 3.05) is 0 Å². The first-order chi connectivity index (χ1) is 2.64. The van der Waals surface area contributed by atoms with E-state index in [1.807, 2.05) is 13.8 Å². The molecule has 0 aromatic rings. The Morgan fingerprint density at radius 1 is 1.83 bits per heavy atom. The maximum Gasteiger partial charge on any atom is 0.0327 e. The van der Waals surface area contributed by atoms with E-state index in [0.29, 0.717) is 0 Å². The van der Waals surface area contributed by atoms with Gasteiger partial charge in [-0.1, -0.05) is 12.2 Å². The molecule has 0 saturated carbocycles. The fraction of sp³-hybridized carbons (Fsp3) is 0.750. The van der Waals surface area contributed by atoms with Gasteiger partial charge in [-0.25, -0.2) is 0 Å². The van der Waals surface area contributed by atoms with Gasteiger partial charge >= 0.3 is 0 Å². The van der Waals surface area contributed by atoms with Gasteiger partial charge in [-0.05, 0) is 13.8 Å². The molecular formula is C4H9NS. The molecule has 36 valence electrons. The SMILES string of the molecule is CC(=S)[C@H](C)N. The molecule has 0 rings (SSSR count). The van der Waals surface area contributed by atoms with Crippen molar-refractivity contribution < 1.29 is 0 Å². The van der Waals surface area contributed by atoms with Crippen LogP contribution in [0.2, 0.25) is 0 Å². The highest BCUT2D eigenvalue weighted by Crippen LogP contribution is 1.78. The van der Waals surface area contributed by atoms with E-state index in [0.717, 1.165) is 4.86 Å². The van der Waals surface area contributed by atoms with E-state index >= 15 is 0 Å². The summed E-state index contributed by atoms with van der Waals surface area (Å²) in [5, 5.41) is 0. The molecule has 0 saturated heterocycles. The van der Waals surface area contributed by atoms with Crippen molar-refractivity contribution >= 4 is 17.1 Å². The Labute approximate surface area is 43.5 Å². The van der Waals surface area contributed by atoms with Crippen LogP contribution in [0.15, 0.2) is 0 Å². The Morgan fingerprint density at radius 2 is 2.00 bits per heavy atom. The highest BCUT2D eigenvalue weighted by Gasteiger charge is 1.90. The average Bonchev–Trinajstić information content (AvgIpc) is 1.36. The summed E-state index contributed by atoms with van der Waals surface area (Å²) >= 11 is 4.69. The molecule has 0 spiro atoms. The monoisotopic (exact) mass is 103 g/mol. The van der Waals surface area contributed by atoms with Crippen molar-refractivity contribution in [1.82, 2.24) is 0 Å². The van der Waals surface area contributed by atoms with E-state index < -0.39 is 0 Å². The van der Waals surface area contributed by atoms with E-state index in [2.05, 4.69) is 0 Å². The van der Waals surface area contributed by atoms with E-state index in [1.165, 1.54) is 0 Å². The Balaban J connectivity index is 3.26. The summed E-state index contributed by atoms with van der Waals surface area (Å²) in [5.41, 5.74) is 5.29. The predicted octanol–water partition coefficient (Wildman–Crippen LogP) is 0.723. The van der Waals surface area contributed by atoms with Crippen LogP contribution >= 0.6 is 12.2 Å². The lowest BCUT2D eigenvalue weighted by Gasteiger charge is -1.95. The Morgan fingerprint density at radius 3 is 2.00 bits per heavy atom. The van der Waals surface area contributed by atoms with Crippen LogP contribution in [0.4, 0.5) is 0 Å². The van der Waals surface area contributed by atoms with Gasteiger partial charge in [0.15, 0.2) is 0 Å². The lowest BCUT2D eigenvalue weighted by atomic mass is 10.3. The van der Waals surface area contributed by atoms with Gasteiger partial charge in [0.05, 0.1) is 0 Å². The van der Waals surface area contributed by atoms with Gasteiger partial charge < -0.3 is 5.73 Å². The normalized spacial score (nSPS) is 13.8. The van der Waals surface area contributed by atoms with Gasteiger partial charge in [0.2, 0.25) is 0 Å². The highest BCUT2D eigenvalue weighted by molar-refractivity contribution is 7.80. The number of hydrogen-bond donors (Lipinski definition) is 1. The summed E-state index contributed by atoms with van der Waals surface area (Å²) in [4.78, 5) is 0.870. The Bertz CT molecular complexity index is 58.6. The summed E-state index contributed by atoms with van der Waals surface area (Å²) in [7, 11) is 0. The smallest absolute Gasteiger partial charge is 0.0327 e. The summed E-state index contributed by atoms with van der Waals surface area (Å²) in [6.45, 7) is 3.72. The minimum Gasteiger partial charge on any atom is -0.324 e. The molecule has 0 fully saturated rings. The van der Waals surface area contributed by atoms with E-state index in [9.17, 15) is 0 Å². The summed E-state index contributed by atoms with van der Waals surface area (Å²) in [5.74, 6) is 0. The van der Waals surface area contributed by atoms with Crippen molar-refractivity contribution in [3.8, 4) is 0 Å². The largest absolute Gasteiger partial charge is 0.324 e. The zero-order valence-electron chi connectivity index (χ0n) is 4.06. The molecule has 0 aliphatic carbocycles. The highest BCUT2D eigenvalue weighted by atomic mass is 32.1. The number of nitrogens with two attached hydrogens (primary N) is 1. The summed E-state index contributed by atoms with van der Waals surface area (Å²) in [6.07, 6.45) is 0. The zero-order chi connectivity index (χ0) is 5.15. The van der Waals surface area contributed by atoms with Crippen LogP contribution in [-0.4, -0.2) is 10.9 Å². The molecule has 2 heteroatoms. The van der Waals surface area contributed by atoms with Crippen LogP contribution in [0.1, 0.15) is 13.8 Å². The van der Waals surface area contributed by atoms with Crippen molar-refractivity contribution in [1.29, 1.82) is 0 Å². The molecule has 0 unspecified atom stereocenters. The van der Waals surface area contributed by atoms with Crippen LogP contribution in [0, 0.1) is 0 Å². The lowest BCUT2D eigenvalue weighted by molar-refractivity contribution is 0.986. The van der Waals surface area contributed by atoms with Gasteiger partial charge in [-0.15, -0.1) is 0 Å². The van der Waals surface area contributed by atoms with Crippen molar-refractivity contribution in [2.24, 2.45) is 5.73 Å². The number of thiocarbonyl (C=S) groups is 1. The van der Waals surface area contributed by atoms with Gasteiger partial charge in [0, 0.05) is 10.9 Å². The van der Waals surface area contributed by atoms with E-state index in [4.69, 9.17) is 18.0 Å². The van der Waals surface area contributed by atoms with Crippen molar-refractivity contribution in [3.63, 3.8) is 0 Å². The molecule has 0 bridgehead atoms. The lowest BCUT2D eigenvalue weighted by Crippen LogP contribution is -2.21. The van der Waals surface area contributed by atoms with Gasteiger partial charge in [0.25, 0.3) is 0 Å². The second kappa shape index (κ2) is 2.26. The van der Waals surface area contributed by atoms with E-state index in [1.54, 1.807) is 0 Å². The van der Waals surface area contributed by atoms with Crippen LogP contribution in [0.3, 0.4) is 0 Å². The molecule has 0 radical (unpaired) electrons. The van der Waals surface area contributed by atoms with Crippen LogP contribution in [0.25, 0.3) is 0 Å². The first-order valence-electron chi connectivity index (χ1n) is 1.90. The van der Waals surface area contributed by atoms with Crippen molar-refractivity contribution in [2.45, 2.75) is 19.9 Å². The van der Waals surface area contributed by atoms with E-state index in [-0.39, 0.29) is 6.04 Å². The first-order valence-corrected chi connectivity index (χ1v) is 2.31. The number of rotatable bonds is 1. The second-order valence-electron chi connectivity index (χ2n) is 1.40. The maximum atomic E-state index is 5.29. The molecule has 2 N–H and O–H groups in total. The molecule has 1 atom stereocenters. The minimum absolute atomic E-state index is 0.0833. The molecule has 0 heterocycles. The van der Waals surface area contributed by atoms with Gasteiger partial charge in [-0.2, -0.15) is 0 Å². The van der Waals surface area contributed by atoms with Crippen LogP contribution in [-0.2, 0) is 0 Å². The predicted molar refractivity (Wildman–Crippen MR) is 31.9 cm³/mol. The molecule has 0 amide bonds. The third-order valence-corrected chi connectivity index (χ3v) is 1.01. The third kappa shape index (κ3) is 2.30. The molecule has 0 aromatic carbocycles. The Hall–Kier alpha value is 0.0500. The Kier molecular flexibility index (Phi) is 2.28. The fourth-order valence-corrected chi connectivity index (χ4v) is 0. The minimum atomic E-state index is 0.0833. The topological polar surface area (TPSA) is 26.0 Å². The quantitative estimate of drug-likeness (QED) is 0.495. The summed E-state index contributed by atoms with van der Waals surface area (Å²) in [6, 6.07) is 0.0833. The number of hydrogen-bond acceptors (Lipinski definition) is 2. The van der Waals surface area contributed by atoms with Gasteiger partial charge in [0.1, 0.15) is 0 Å². The second-order valence-corrected chi connectivity index (χ2v) is 2.04. The van der Waals surface area contributed by atoms with Gasteiger partial charge in [-0.3, -0.25) is 0 Å². The van der Waals surface area contributed by atoms with Crippen LogP contribution < -0.4 is 5.73 Å². The van der Waals surface area contributed by atoms with Crippen molar-refractivity contribution in [3.05, 3.63) is 0 Å². The van der Waals surface area contributed by atoms with Crippen LogP contribution in [0.5, 0.6) is 0 Å². The zero-order valence-corrected chi connectivity index (χ0v) is 4.88. The fourth-order valence-electron chi connectivity index (χ4n) is 0. The molecule has 1 nitrogen and oxygen atoms in total. The molecular weight excluding hydrogens is 94.1 g/mol. The molecule has 0 aliphatic heterocycles. The standard InChI is InChI=1S/C4H9NS/c1-3(5)4(2)6/h3H,5H2,1-2H3/t3-/m0/s1. The molecule has 6 heavy (non-hydrogen) atoms. The summed E-state index contributed by atoms with van der Waals surface area (Å²) < 4.78 is 0. The molecule has 0 aromatic heterocycles. The average molecular weight is 103 g/mol.